The van der Waals surface area contributed by atoms with E-state index in [4.69, 9.17) is 5.84 Å². The summed E-state index contributed by atoms with van der Waals surface area (Å²) in [5, 5.41) is 0. The minimum Gasteiger partial charge on any atom is -0.271 e. The van der Waals surface area contributed by atoms with Crippen LogP contribution in [0.3, 0.4) is 0 Å². The smallest absolute Gasteiger partial charge is 0.0475 e. The van der Waals surface area contributed by atoms with E-state index in [0.29, 0.717) is 0 Å². The van der Waals surface area contributed by atoms with Gasteiger partial charge in [-0.1, -0.05) is 12.1 Å². The van der Waals surface area contributed by atoms with E-state index in [0.717, 1.165) is 30.5 Å². The second-order valence-corrected chi connectivity index (χ2v) is 3.67. The van der Waals surface area contributed by atoms with Gasteiger partial charge in [-0.15, -0.1) is 6.58 Å². The van der Waals surface area contributed by atoms with Crippen molar-refractivity contribution in [3.8, 4) is 0 Å². The summed E-state index contributed by atoms with van der Waals surface area (Å²) in [5.41, 5.74) is 5.00. The molecule has 0 radical (unpaired) electrons. The van der Waals surface area contributed by atoms with Gasteiger partial charge in [-0.3, -0.25) is 16.3 Å². The average molecular weight is 205 g/mol. The maximum Gasteiger partial charge on any atom is 0.0475 e. The number of hydrazine groups is 1. The molecule has 1 aromatic rings. The monoisotopic (exact) mass is 205 g/mol. The number of nitrogens with one attached hydrogen (secondary N) is 1. The maximum absolute atomic E-state index is 5.52. The number of pyridine rings is 1. The standard InChI is InChI=1S/C12H19N3/c1-3-4-5-6-12(15-13)11-8-7-10(2)14-9-11/h3,7-9,12,15H,1,4-6,13H2,2H3. The van der Waals surface area contributed by atoms with Crippen molar-refractivity contribution in [3.63, 3.8) is 0 Å². The molecule has 0 spiro atoms. The first-order valence-electron chi connectivity index (χ1n) is 5.27. The van der Waals surface area contributed by atoms with Gasteiger partial charge in [0.25, 0.3) is 0 Å². The molecule has 1 unspecified atom stereocenters. The molecule has 0 saturated carbocycles. The third-order valence-electron chi connectivity index (χ3n) is 2.44. The molecule has 0 aliphatic carbocycles. The first-order chi connectivity index (χ1) is 7.27. The number of nitrogens with two attached hydrogens (primary N) is 1. The Kier molecular flexibility index (Phi) is 5.01. The molecular formula is C12H19N3. The van der Waals surface area contributed by atoms with Crippen molar-refractivity contribution in [1.29, 1.82) is 0 Å². The number of nitrogens with zero attached hydrogens (tertiary/aromatic N) is 1. The van der Waals surface area contributed by atoms with Crippen LogP contribution in [0.25, 0.3) is 0 Å². The van der Waals surface area contributed by atoms with Gasteiger partial charge in [0.15, 0.2) is 0 Å². The fraction of sp³-hybridized carbons (Fsp3) is 0.417. The van der Waals surface area contributed by atoms with Crippen molar-refractivity contribution in [2.75, 3.05) is 0 Å². The summed E-state index contributed by atoms with van der Waals surface area (Å²) in [6.07, 6.45) is 6.94. The summed E-state index contributed by atoms with van der Waals surface area (Å²) in [5.74, 6) is 5.52. The normalized spacial score (nSPS) is 12.4. The maximum atomic E-state index is 5.52. The molecule has 1 rings (SSSR count). The minimum atomic E-state index is 0.193. The fourth-order valence-corrected chi connectivity index (χ4v) is 1.50. The lowest BCUT2D eigenvalue weighted by Gasteiger charge is -2.15. The van der Waals surface area contributed by atoms with Gasteiger partial charge in [-0.2, -0.15) is 0 Å². The van der Waals surface area contributed by atoms with Crippen LogP contribution >= 0.6 is 0 Å². The lowest BCUT2D eigenvalue weighted by Crippen LogP contribution is -2.28. The molecule has 3 nitrogen and oxygen atoms in total. The first kappa shape index (κ1) is 11.9. The van der Waals surface area contributed by atoms with Crippen LogP contribution in [-0.4, -0.2) is 4.98 Å². The zero-order valence-electron chi connectivity index (χ0n) is 9.24. The Labute approximate surface area is 91.4 Å². The molecular weight excluding hydrogens is 186 g/mol. The predicted molar refractivity (Wildman–Crippen MR) is 63.1 cm³/mol. The summed E-state index contributed by atoms with van der Waals surface area (Å²) in [7, 11) is 0. The summed E-state index contributed by atoms with van der Waals surface area (Å²) in [6, 6.07) is 4.27. The number of aryl methyl sites for hydroxylation is 1. The topological polar surface area (TPSA) is 50.9 Å². The van der Waals surface area contributed by atoms with E-state index in [2.05, 4.69) is 23.1 Å². The highest BCUT2D eigenvalue weighted by molar-refractivity contribution is 5.16. The highest BCUT2D eigenvalue weighted by Crippen LogP contribution is 2.17. The molecule has 82 valence electrons. The van der Waals surface area contributed by atoms with E-state index < -0.39 is 0 Å². The molecule has 0 aromatic carbocycles. The molecule has 0 aliphatic heterocycles. The Morgan fingerprint density at radius 1 is 1.60 bits per heavy atom. The SMILES string of the molecule is C=CCCCC(NN)c1ccc(C)nc1. The largest absolute Gasteiger partial charge is 0.271 e. The Hall–Kier alpha value is -1.19. The van der Waals surface area contributed by atoms with Gasteiger partial charge in [-0.05, 0) is 37.8 Å². The molecule has 0 aliphatic rings. The van der Waals surface area contributed by atoms with Crippen LogP contribution in [0.1, 0.15) is 36.6 Å². The van der Waals surface area contributed by atoms with E-state index in [1.807, 2.05) is 25.3 Å². The number of hydrogen-bond donors (Lipinski definition) is 2. The molecule has 1 heterocycles. The van der Waals surface area contributed by atoms with Gasteiger partial charge in [0.1, 0.15) is 0 Å². The summed E-state index contributed by atoms with van der Waals surface area (Å²) < 4.78 is 0. The van der Waals surface area contributed by atoms with Gasteiger partial charge in [-0.25, -0.2) is 0 Å². The van der Waals surface area contributed by atoms with Crippen LogP contribution in [0.4, 0.5) is 0 Å². The highest BCUT2D eigenvalue weighted by Gasteiger charge is 2.08. The van der Waals surface area contributed by atoms with Gasteiger partial charge >= 0.3 is 0 Å². The van der Waals surface area contributed by atoms with Crippen LogP contribution in [0.2, 0.25) is 0 Å². The summed E-state index contributed by atoms with van der Waals surface area (Å²) in [4.78, 5) is 4.26. The van der Waals surface area contributed by atoms with Crippen molar-refractivity contribution in [3.05, 3.63) is 42.2 Å². The Morgan fingerprint density at radius 2 is 2.40 bits per heavy atom. The first-order valence-corrected chi connectivity index (χ1v) is 5.27. The van der Waals surface area contributed by atoms with Crippen molar-refractivity contribution in [1.82, 2.24) is 10.4 Å². The van der Waals surface area contributed by atoms with E-state index in [1.54, 1.807) is 0 Å². The molecule has 15 heavy (non-hydrogen) atoms. The molecule has 1 atom stereocenters. The number of aromatic nitrogens is 1. The number of unbranched alkanes of at least 4 members (excludes halogenated alkanes) is 1. The number of allylic oxidation sites excluding steroid dienone is 1. The zero-order chi connectivity index (χ0) is 11.1. The van der Waals surface area contributed by atoms with Gasteiger partial charge in [0.2, 0.25) is 0 Å². The molecule has 0 amide bonds. The predicted octanol–water partition coefficient (Wildman–Crippen LogP) is 2.25. The molecule has 3 N–H and O–H groups in total. The van der Waals surface area contributed by atoms with Crippen LogP contribution in [-0.2, 0) is 0 Å². The Bertz CT molecular complexity index is 292. The van der Waals surface area contributed by atoms with E-state index in [9.17, 15) is 0 Å². The third kappa shape index (κ3) is 3.81. The lowest BCUT2D eigenvalue weighted by molar-refractivity contribution is 0.499. The Balaban J connectivity index is 2.57. The molecule has 0 saturated heterocycles. The molecule has 1 aromatic heterocycles. The van der Waals surface area contributed by atoms with Gasteiger partial charge in [0.05, 0.1) is 0 Å². The van der Waals surface area contributed by atoms with Crippen molar-refractivity contribution in [2.45, 2.75) is 32.2 Å². The molecule has 0 fully saturated rings. The number of rotatable bonds is 6. The third-order valence-corrected chi connectivity index (χ3v) is 2.44. The van der Waals surface area contributed by atoms with Crippen LogP contribution in [0.5, 0.6) is 0 Å². The average Bonchev–Trinajstić information content (AvgIpc) is 2.26. The summed E-state index contributed by atoms with van der Waals surface area (Å²) in [6.45, 7) is 5.68. The summed E-state index contributed by atoms with van der Waals surface area (Å²) >= 11 is 0. The van der Waals surface area contributed by atoms with E-state index in [-0.39, 0.29) is 6.04 Å². The second kappa shape index (κ2) is 6.32. The minimum absolute atomic E-state index is 0.193. The van der Waals surface area contributed by atoms with Crippen molar-refractivity contribution in [2.24, 2.45) is 5.84 Å². The van der Waals surface area contributed by atoms with E-state index >= 15 is 0 Å². The molecule has 3 heteroatoms. The lowest BCUT2D eigenvalue weighted by atomic mass is 10.0. The number of hydrogen-bond acceptors (Lipinski definition) is 3. The van der Waals surface area contributed by atoms with Crippen molar-refractivity contribution >= 4 is 0 Å². The second-order valence-electron chi connectivity index (χ2n) is 3.67. The highest BCUT2D eigenvalue weighted by atomic mass is 15.2. The van der Waals surface area contributed by atoms with Gasteiger partial charge in [0, 0.05) is 17.9 Å². The van der Waals surface area contributed by atoms with Crippen LogP contribution in [0.15, 0.2) is 31.0 Å². The Morgan fingerprint density at radius 3 is 2.93 bits per heavy atom. The zero-order valence-corrected chi connectivity index (χ0v) is 9.24. The van der Waals surface area contributed by atoms with Crippen molar-refractivity contribution < 1.29 is 0 Å². The quantitative estimate of drug-likeness (QED) is 0.324. The van der Waals surface area contributed by atoms with Crippen LogP contribution < -0.4 is 11.3 Å². The van der Waals surface area contributed by atoms with Gasteiger partial charge < -0.3 is 0 Å². The molecule has 0 bridgehead atoms. The van der Waals surface area contributed by atoms with Crippen LogP contribution in [0, 0.1) is 6.92 Å². The fourth-order valence-electron chi connectivity index (χ4n) is 1.50. The van der Waals surface area contributed by atoms with E-state index in [1.165, 1.54) is 0 Å².